The molecule has 2 aliphatic rings. The number of carbonyl (C=O) groups is 1. The van der Waals surface area contributed by atoms with Gasteiger partial charge in [-0.1, -0.05) is 0 Å². The molecule has 1 aliphatic heterocycles. The van der Waals surface area contributed by atoms with Crippen LogP contribution in [0.3, 0.4) is 0 Å². The van der Waals surface area contributed by atoms with Crippen LogP contribution in [0.25, 0.3) is 0 Å². The van der Waals surface area contributed by atoms with E-state index in [1.165, 1.54) is 25.5 Å². The van der Waals surface area contributed by atoms with Crippen molar-refractivity contribution in [1.82, 2.24) is 14.9 Å². The first-order chi connectivity index (χ1) is 11.8. The van der Waals surface area contributed by atoms with E-state index < -0.39 is 0 Å². The van der Waals surface area contributed by atoms with Crippen molar-refractivity contribution in [3.63, 3.8) is 0 Å². The lowest BCUT2D eigenvalue weighted by Crippen LogP contribution is -2.44. The summed E-state index contributed by atoms with van der Waals surface area (Å²) in [6, 6.07) is 5.44. The van der Waals surface area contributed by atoms with Crippen LogP contribution < -0.4 is 5.32 Å². The van der Waals surface area contributed by atoms with Crippen molar-refractivity contribution < 1.29 is 13.9 Å². The van der Waals surface area contributed by atoms with Crippen molar-refractivity contribution >= 4 is 11.7 Å². The van der Waals surface area contributed by atoms with Crippen molar-refractivity contribution in [3.8, 4) is 0 Å². The molecular weight excluding hydrogens is 308 g/mol. The molecule has 0 spiro atoms. The summed E-state index contributed by atoms with van der Waals surface area (Å²) >= 11 is 0. The fourth-order valence-corrected chi connectivity index (χ4v) is 2.98. The SMILES string of the molecule is O=C(c1ccco1)N1CCOC[C@@H]1c1nccc(NC2CCC2)n1. The van der Waals surface area contributed by atoms with Crippen molar-refractivity contribution in [2.75, 3.05) is 25.1 Å². The molecule has 1 amide bonds. The van der Waals surface area contributed by atoms with Gasteiger partial charge in [-0.15, -0.1) is 0 Å². The number of hydrogen-bond acceptors (Lipinski definition) is 6. The summed E-state index contributed by atoms with van der Waals surface area (Å²) in [5.41, 5.74) is 0. The van der Waals surface area contributed by atoms with Crippen molar-refractivity contribution in [3.05, 3.63) is 42.2 Å². The van der Waals surface area contributed by atoms with Crippen LogP contribution in [-0.4, -0.2) is 46.6 Å². The van der Waals surface area contributed by atoms with Crippen LogP contribution >= 0.6 is 0 Å². The Balaban J connectivity index is 1.56. The molecular formula is C17H20N4O3. The third-order valence-corrected chi connectivity index (χ3v) is 4.55. The number of nitrogens with zero attached hydrogens (tertiary/aromatic N) is 3. The zero-order valence-corrected chi connectivity index (χ0v) is 13.4. The fourth-order valence-electron chi connectivity index (χ4n) is 2.98. The molecule has 2 fully saturated rings. The molecule has 1 saturated carbocycles. The van der Waals surface area contributed by atoms with E-state index in [0.29, 0.717) is 37.4 Å². The van der Waals surface area contributed by atoms with Crippen LogP contribution in [-0.2, 0) is 4.74 Å². The highest BCUT2D eigenvalue weighted by Gasteiger charge is 2.32. The molecule has 1 atom stereocenters. The van der Waals surface area contributed by atoms with Crippen molar-refractivity contribution in [1.29, 1.82) is 0 Å². The number of nitrogens with one attached hydrogen (secondary N) is 1. The number of furan rings is 1. The van der Waals surface area contributed by atoms with E-state index in [9.17, 15) is 4.79 Å². The summed E-state index contributed by atoms with van der Waals surface area (Å²) in [5.74, 6) is 1.57. The molecule has 7 nitrogen and oxygen atoms in total. The van der Waals surface area contributed by atoms with E-state index in [-0.39, 0.29) is 11.9 Å². The molecule has 0 radical (unpaired) electrons. The highest BCUT2D eigenvalue weighted by molar-refractivity contribution is 5.91. The smallest absolute Gasteiger partial charge is 0.290 e. The Morgan fingerprint density at radius 2 is 2.25 bits per heavy atom. The molecule has 1 N–H and O–H groups in total. The lowest BCUT2D eigenvalue weighted by molar-refractivity contribution is -0.00672. The van der Waals surface area contributed by atoms with Gasteiger partial charge in [-0.3, -0.25) is 4.79 Å². The summed E-state index contributed by atoms with van der Waals surface area (Å²) in [6.45, 7) is 1.39. The number of aromatic nitrogens is 2. The van der Waals surface area contributed by atoms with E-state index in [1.54, 1.807) is 23.2 Å². The summed E-state index contributed by atoms with van der Waals surface area (Å²) in [5, 5.41) is 3.42. The van der Waals surface area contributed by atoms with E-state index in [4.69, 9.17) is 9.15 Å². The van der Waals surface area contributed by atoms with E-state index in [0.717, 1.165) is 5.82 Å². The van der Waals surface area contributed by atoms with E-state index in [2.05, 4.69) is 15.3 Å². The zero-order chi connectivity index (χ0) is 16.4. The molecule has 3 heterocycles. The van der Waals surface area contributed by atoms with E-state index >= 15 is 0 Å². The fraction of sp³-hybridized carbons (Fsp3) is 0.471. The van der Waals surface area contributed by atoms with Crippen LogP contribution in [0.4, 0.5) is 5.82 Å². The minimum absolute atomic E-state index is 0.158. The summed E-state index contributed by atoms with van der Waals surface area (Å²) in [7, 11) is 0. The largest absolute Gasteiger partial charge is 0.459 e. The average Bonchev–Trinajstić information content (AvgIpc) is 3.12. The number of hydrogen-bond donors (Lipinski definition) is 1. The molecule has 2 aromatic heterocycles. The second-order valence-corrected chi connectivity index (χ2v) is 6.14. The topological polar surface area (TPSA) is 80.5 Å². The van der Waals surface area contributed by atoms with Crippen LogP contribution in [0, 0.1) is 0 Å². The van der Waals surface area contributed by atoms with Gasteiger partial charge in [0.15, 0.2) is 11.6 Å². The van der Waals surface area contributed by atoms with Crippen molar-refractivity contribution in [2.45, 2.75) is 31.3 Å². The Kier molecular flexibility index (Phi) is 4.17. The molecule has 0 bridgehead atoms. The second-order valence-electron chi connectivity index (χ2n) is 6.14. The maximum atomic E-state index is 12.7. The van der Waals surface area contributed by atoms with Gasteiger partial charge < -0.3 is 19.4 Å². The molecule has 1 aliphatic carbocycles. The highest BCUT2D eigenvalue weighted by Crippen LogP contribution is 2.26. The predicted octanol–water partition coefficient (Wildman–Crippen LogP) is 2.25. The number of ether oxygens (including phenoxy) is 1. The number of amides is 1. The third kappa shape index (κ3) is 2.99. The lowest BCUT2D eigenvalue weighted by Gasteiger charge is -2.34. The minimum Gasteiger partial charge on any atom is -0.459 e. The van der Waals surface area contributed by atoms with E-state index in [1.807, 2.05) is 6.07 Å². The standard InChI is InChI=1S/C17H20N4O3/c22-17(14-5-2-9-24-14)21-8-10-23-11-13(21)16-18-7-6-15(20-16)19-12-3-1-4-12/h2,5-7,9,12-13H,1,3-4,8,10-11H2,(H,18,19,20)/t13-/m1/s1. The number of carbonyl (C=O) groups excluding carboxylic acids is 1. The maximum absolute atomic E-state index is 12.7. The van der Waals surface area contributed by atoms with Gasteiger partial charge >= 0.3 is 0 Å². The lowest BCUT2D eigenvalue weighted by atomic mass is 9.93. The van der Waals surface area contributed by atoms with Gasteiger partial charge in [0, 0.05) is 18.8 Å². The first-order valence-electron chi connectivity index (χ1n) is 8.33. The van der Waals surface area contributed by atoms with Gasteiger partial charge in [-0.25, -0.2) is 9.97 Å². The molecule has 0 unspecified atom stereocenters. The zero-order valence-electron chi connectivity index (χ0n) is 13.4. The maximum Gasteiger partial charge on any atom is 0.290 e. The second kappa shape index (κ2) is 6.60. The normalized spacial score (nSPS) is 21.3. The molecule has 0 aromatic carbocycles. The Morgan fingerprint density at radius 3 is 3.00 bits per heavy atom. The molecule has 4 rings (SSSR count). The molecule has 2 aromatic rings. The van der Waals surface area contributed by atoms with Gasteiger partial charge in [0.25, 0.3) is 5.91 Å². The number of rotatable bonds is 4. The van der Waals surface area contributed by atoms with Crippen LogP contribution in [0.15, 0.2) is 35.1 Å². The Labute approximate surface area is 140 Å². The number of morpholine rings is 1. The van der Waals surface area contributed by atoms with Gasteiger partial charge in [-0.2, -0.15) is 0 Å². The Bertz CT molecular complexity index is 700. The van der Waals surface area contributed by atoms with Gasteiger partial charge in [-0.05, 0) is 37.5 Å². The first-order valence-corrected chi connectivity index (χ1v) is 8.33. The first kappa shape index (κ1) is 15.1. The van der Waals surface area contributed by atoms with Gasteiger partial charge in [0.2, 0.25) is 0 Å². The molecule has 7 heteroatoms. The number of anilines is 1. The molecule has 24 heavy (non-hydrogen) atoms. The summed E-state index contributed by atoms with van der Waals surface area (Å²) in [4.78, 5) is 23.4. The summed E-state index contributed by atoms with van der Waals surface area (Å²) in [6.07, 6.45) is 6.84. The summed E-state index contributed by atoms with van der Waals surface area (Å²) < 4.78 is 10.8. The quantitative estimate of drug-likeness (QED) is 0.927. The van der Waals surface area contributed by atoms with Gasteiger partial charge in [0.1, 0.15) is 11.9 Å². The Hall–Kier alpha value is -2.41. The average molecular weight is 328 g/mol. The van der Waals surface area contributed by atoms with Crippen molar-refractivity contribution in [2.24, 2.45) is 0 Å². The third-order valence-electron chi connectivity index (χ3n) is 4.55. The monoisotopic (exact) mass is 328 g/mol. The minimum atomic E-state index is -0.306. The molecule has 1 saturated heterocycles. The molecule has 126 valence electrons. The van der Waals surface area contributed by atoms with Crippen LogP contribution in [0.1, 0.15) is 41.7 Å². The van der Waals surface area contributed by atoms with Crippen LogP contribution in [0.5, 0.6) is 0 Å². The van der Waals surface area contributed by atoms with Gasteiger partial charge in [0.05, 0.1) is 19.5 Å². The van der Waals surface area contributed by atoms with Crippen LogP contribution in [0.2, 0.25) is 0 Å². The Morgan fingerprint density at radius 1 is 1.33 bits per heavy atom. The predicted molar refractivity (Wildman–Crippen MR) is 86.6 cm³/mol. The highest BCUT2D eigenvalue weighted by atomic mass is 16.5.